The van der Waals surface area contributed by atoms with E-state index in [4.69, 9.17) is 0 Å². The maximum Gasteiger partial charge on any atom is 0.128 e. The highest BCUT2D eigenvalue weighted by atomic mass is 19.1. The van der Waals surface area contributed by atoms with Crippen LogP contribution in [0.25, 0.3) is 0 Å². The first-order chi connectivity index (χ1) is 8.13. The molecule has 0 aromatic heterocycles. The summed E-state index contributed by atoms with van der Waals surface area (Å²) in [6.45, 7) is 2.12. The van der Waals surface area contributed by atoms with Crippen LogP contribution in [0.5, 0.6) is 0 Å². The Labute approximate surface area is 101 Å². The third-order valence-corrected chi connectivity index (χ3v) is 3.19. The number of likely N-dealkylation sites (tertiary alicyclic amines) is 1. The van der Waals surface area contributed by atoms with Gasteiger partial charge in [0.15, 0.2) is 0 Å². The molecule has 0 radical (unpaired) electrons. The van der Waals surface area contributed by atoms with Gasteiger partial charge in [0.25, 0.3) is 0 Å². The first kappa shape index (κ1) is 12.3. The van der Waals surface area contributed by atoms with Gasteiger partial charge in [-0.15, -0.1) is 0 Å². The van der Waals surface area contributed by atoms with E-state index in [1.54, 1.807) is 0 Å². The Morgan fingerprint density at radius 1 is 1.12 bits per heavy atom. The van der Waals surface area contributed by atoms with Gasteiger partial charge in [-0.2, -0.15) is 0 Å². The maximum absolute atomic E-state index is 13.0. The van der Waals surface area contributed by atoms with Gasteiger partial charge in [0, 0.05) is 17.8 Å². The van der Waals surface area contributed by atoms with Crippen LogP contribution in [0.3, 0.4) is 0 Å². The molecule has 2 rings (SSSR count). The Hall–Kier alpha value is -1.16. The van der Waals surface area contributed by atoms with Crippen molar-refractivity contribution in [2.24, 2.45) is 0 Å². The molecular formula is C13H18F2N2. The normalized spacial score (nSPS) is 22.2. The molecule has 1 unspecified atom stereocenters. The minimum absolute atomic E-state index is 0.307. The second-order valence-electron chi connectivity index (χ2n) is 4.73. The lowest BCUT2D eigenvalue weighted by Crippen LogP contribution is -2.23. The molecule has 1 aromatic rings. The average Bonchev–Trinajstić information content (AvgIpc) is 2.42. The van der Waals surface area contributed by atoms with Crippen LogP contribution in [-0.2, 0) is 0 Å². The molecule has 17 heavy (non-hydrogen) atoms. The van der Waals surface area contributed by atoms with E-state index in [9.17, 15) is 8.78 Å². The molecule has 1 atom stereocenters. The zero-order chi connectivity index (χ0) is 12.3. The molecule has 0 spiro atoms. The molecule has 1 fully saturated rings. The summed E-state index contributed by atoms with van der Waals surface area (Å²) in [6.07, 6.45) is 3.17. The van der Waals surface area contributed by atoms with Crippen LogP contribution in [0.2, 0.25) is 0 Å². The predicted molar refractivity (Wildman–Crippen MR) is 65.1 cm³/mol. The van der Waals surface area contributed by atoms with Crippen LogP contribution in [0.4, 0.5) is 14.5 Å². The molecule has 0 aliphatic carbocycles. The Kier molecular flexibility index (Phi) is 3.94. The second kappa shape index (κ2) is 5.45. The van der Waals surface area contributed by atoms with Crippen molar-refractivity contribution in [1.82, 2.24) is 4.90 Å². The zero-order valence-corrected chi connectivity index (χ0v) is 10.0. The smallest absolute Gasteiger partial charge is 0.128 e. The third kappa shape index (κ3) is 3.66. The van der Waals surface area contributed by atoms with Gasteiger partial charge >= 0.3 is 0 Å². The van der Waals surface area contributed by atoms with Gasteiger partial charge in [0.05, 0.1) is 0 Å². The molecule has 94 valence electrons. The molecule has 1 aromatic carbocycles. The topological polar surface area (TPSA) is 15.3 Å². The van der Waals surface area contributed by atoms with E-state index in [0.29, 0.717) is 11.7 Å². The molecule has 0 bridgehead atoms. The van der Waals surface area contributed by atoms with Crippen LogP contribution in [0.1, 0.15) is 19.3 Å². The largest absolute Gasteiger partial charge is 0.382 e. The fraction of sp³-hybridized carbons (Fsp3) is 0.538. The van der Waals surface area contributed by atoms with E-state index in [2.05, 4.69) is 17.3 Å². The van der Waals surface area contributed by atoms with Gasteiger partial charge in [0.1, 0.15) is 11.6 Å². The number of nitrogens with zero attached hydrogens (tertiary/aromatic N) is 1. The van der Waals surface area contributed by atoms with Crippen molar-refractivity contribution in [2.75, 3.05) is 25.5 Å². The lowest BCUT2D eigenvalue weighted by Gasteiger charge is -2.18. The van der Waals surface area contributed by atoms with Gasteiger partial charge in [-0.1, -0.05) is 0 Å². The lowest BCUT2D eigenvalue weighted by atomic mass is 10.1. The number of benzene rings is 1. The van der Waals surface area contributed by atoms with Crippen molar-refractivity contribution in [3.8, 4) is 0 Å². The van der Waals surface area contributed by atoms with Crippen molar-refractivity contribution >= 4 is 5.69 Å². The van der Waals surface area contributed by atoms with Crippen LogP contribution < -0.4 is 5.32 Å². The minimum atomic E-state index is -0.529. The fourth-order valence-corrected chi connectivity index (χ4v) is 2.26. The second-order valence-corrected chi connectivity index (χ2v) is 4.73. The van der Waals surface area contributed by atoms with Gasteiger partial charge in [0.2, 0.25) is 0 Å². The SMILES string of the molecule is CN1CCCC(Nc2cc(F)cc(F)c2)CC1. The monoisotopic (exact) mass is 240 g/mol. The van der Waals surface area contributed by atoms with Crippen molar-refractivity contribution in [3.05, 3.63) is 29.8 Å². The van der Waals surface area contributed by atoms with Gasteiger partial charge in [-0.25, -0.2) is 8.78 Å². The van der Waals surface area contributed by atoms with Crippen LogP contribution in [0, 0.1) is 11.6 Å². The zero-order valence-electron chi connectivity index (χ0n) is 10.0. The molecule has 1 aliphatic heterocycles. The van der Waals surface area contributed by atoms with Crippen LogP contribution >= 0.6 is 0 Å². The number of anilines is 1. The van der Waals surface area contributed by atoms with E-state index in [0.717, 1.165) is 38.4 Å². The van der Waals surface area contributed by atoms with Crippen molar-refractivity contribution in [3.63, 3.8) is 0 Å². The van der Waals surface area contributed by atoms with Crippen LogP contribution in [-0.4, -0.2) is 31.1 Å². The molecule has 0 saturated carbocycles. The van der Waals surface area contributed by atoms with Crippen molar-refractivity contribution in [2.45, 2.75) is 25.3 Å². The average molecular weight is 240 g/mol. The molecule has 0 amide bonds. The first-order valence-electron chi connectivity index (χ1n) is 6.04. The van der Waals surface area contributed by atoms with Gasteiger partial charge in [-0.05, 0) is 51.5 Å². The van der Waals surface area contributed by atoms with E-state index in [1.807, 2.05) is 0 Å². The number of nitrogens with one attached hydrogen (secondary N) is 1. The molecule has 2 nitrogen and oxygen atoms in total. The number of rotatable bonds is 2. The molecular weight excluding hydrogens is 222 g/mol. The lowest BCUT2D eigenvalue weighted by molar-refractivity contribution is 0.348. The quantitative estimate of drug-likeness (QED) is 0.855. The molecule has 1 heterocycles. The summed E-state index contributed by atoms with van der Waals surface area (Å²) in [4.78, 5) is 2.29. The van der Waals surface area contributed by atoms with E-state index >= 15 is 0 Å². The van der Waals surface area contributed by atoms with Crippen molar-refractivity contribution in [1.29, 1.82) is 0 Å². The Bertz CT molecular complexity index is 361. The summed E-state index contributed by atoms with van der Waals surface area (Å²) in [5.74, 6) is -1.06. The minimum Gasteiger partial charge on any atom is -0.382 e. The summed E-state index contributed by atoms with van der Waals surface area (Å²) in [5.41, 5.74) is 0.539. The Morgan fingerprint density at radius 2 is 1.82 bits per heavy atom. The molecule has 1 aliphatic rings. The van der Waals surface area contributed by atoms with Crippen LogP contribution in [0.15, 0.2) is 18.2 Å². The van der Waals surface area contributed by atoms with E-state index in [-0.39, 0.29) is 0 Å². The number of halogens is 2. The van der Waals surface area contributed by atoms with Gasteiger partial charge in [-0.3, -0.25) is 0 Å². The summed E-state index contributed by atoms with van der Waals surface area (Å²) >= 11 is 0. The predicted octanol–water partition coefficient (Wildman–Crippen LogP) is 2.86. The van der Waals surface area contributed by atoms with E-state index in [1.165, 1.54) is 12.1 Å². The molecule has 1 N–H and O–H groups in total. The fourth-order valence-electron chi connectivity index (χ4n) is 2.26. The van der Waals surface area contributed by atoms with E-state index < -0.39 is 11.6 Å². The summed E-state index contributed by atoms with van der Waals surface area (Å²) in [7, 11) is 2.10. The Morgan fingerprint density at radius 3 is 2.53 bits per heavy atom. The summed E-state index contributed by atoms with van der Waals surface area (Å²) in [5, 5.41) is 3.22. The first-order valence-corrected chi connectivity index (χ1v) is 6.04. The van der Waals surface area contributed by atoms with Gasteiger partial charge < -0.3 is 10.2 Å². The molecule has 4 heteroatoms. The standard InChI is InChI=1S/C13H18F2N2/c1-17-5-2-3-12(4-6-17)16-13-8-10(14)7-11(15)9-13/h7-9,12,16H,2-6H2,1H3. The highest BCUT2D eigenvalue weighted by Crippen LogP contribution is 2.18. The third-order valence-electron chi connectivity index (χ3n) is 3.19. The number of hydrogen-bond donors (Lipinski definition) is 1. The van der Waals surface area contributed by atoms with Crippen molar-refractivity contribution < 1.29 is 8.78 Å². The maximum atomic E-state index is 13.0. The Balaban J connectivity index is 1.99. The number of hydrogen-bond acceptors (Lipinski definition) is 2. The highest BCUT2D eigenvalue weighted by molar-refractivity contribution is 5.44. The summed E-state index contributed by atoms with van der Waals surface area (Å²) in [6, 6.07) is 3.89. The molecule has 1 saturated heterocycles. The highest BCUT2D eigenvalue weighted by Gasteiger charge is 2.14. The summed E-state index contributed by atoms with van der Waals surface area (Å²) < 4.78 is 26.1.